The van der Waals surface area contributed by atoms with E-state index in [1.165, 1.54) is 6.07 Å². The molecule has 0 N–H and O–H groups in total. The summed E-state index contributed by atoms with van der Waals surface area (Å²) < 4.78 is 16.0. The van der Waals surface area contributed by atoms with Gasteiger partial charge in [-0.15, -0.1) is 0 Å². The molecule has 26 heavy (non-hydrogen) atoms. The summed E-state index contributed by atoms with van der Waals surface area (Å²) in [7, 11) is 0. The number of carbonyl (C=O) groups is 1. The third kappa shape index (κ3) is 4.26. The van der Waals surface area contributed by atoms with E-state index < -0.39 is 0 Å². The zero-order valence-corrected chi connectivity index (χ0v) is 16.0. The van der Waals surface area contributed by atoms with Gasteiger partial charge in [0.25, 0.3) is 0 Å². The minimum atomic E-state index is -0.332. The smallest absolute Gasteiger partial charge is 0.226 e. The SMILES string of the molecule is CC(C)CN(Cc1nccn1Cc1c(F)cccc1Cl)C(=O)C1CCC1. The Morgan fingerprint density at radius 3 is 2.81 bits per heavy atom. The van der Waals surface area contributed by atoms with Crippen molar-refractivity contribution < 1.29 is 9.18 Å². The van der Waals surface area contributed by atoms with Gasteiger partial charge in [0.2, 0.25) is 5.91 Å². The molecule has 1 heterocycles. The summed E-state index contributed by atoms with van der Waals surface area (Å²) in [6.07, 6.45) is 6.58. The Morgan fingerprint density at radius 2 is 2.19 bits per heavy atom. The number of hydrogen-bond acceptors (Lipinski definition) is 2. The van der Waals surface area contributed by atoms with Crippen molar-refractivity contribution in [2.75, 3.05) is 6.54 Å². The fourth-order valence-corrected chi connectivity index (χ4v) is 3.47. The maximum absolute atomic E-state index is 14.1. The number of aromatic nitrogens is 2. The van der Waals surface area contributed by atoms with Crippen LogP contribution in [0.5, 0.6) is 0 Å². The summed E-state index contributed by atoms with van der Waals surface area (Å²) >= 11 is 6.15. The van der Waals surface area contributed by atoms with Crippen LogP contribution in [-0.4, -0.2) is 26.9 Å². The molecule has 0 radical (unpaired) electrons. The maximum Gasteiger partial charge on any atom is 0.226 e. The van der Waals surface area contributed by atoms with Crippen LogP contribution in [0.4, 0.5) is 4.39 Å². The van der Waals surface area contributed by atoms with Crippen LogP contribution in [0.1, 0.15) is 44.5 Å². The Balaban J connectivity index is 1.78. The quantitative estimate of drug-likeness (QED) is 0.712. The van der Waals surface area contributed by atoms with Crippen LogP contribution in [0, 0.1) is 17.7 Å². The van der Waals surface area contributed by atoms with E-state index in [0.29, 0.717) is 36.1 Å². The van der Waals surface area contributed by atoms with Crippen LogP contribution in [0.3, 0.4) is 0 Å². The lowest BCUT2D eigenvalue weighted by Gasteiger charge is -2.32. The zero-order valence-electron chi connectivity index (χ0n) is 15.3. The second-order valence-corrected chi connectivity index (χ2v) is 7.82. The van der Waals surface area contributed by atoms with Crippen molar-refractivity contribution in [1.29, 1.82) is 0 Å². The molecule has 140 valence electrons. The molecule has 1 aliphatic rings. The van der Waals surface area contributed by atoms with Crippen molar-refractivity contribution in [1.82, 2.24) is 14.5 Å². The highest BCUT2D eigenvalue weighted by molar-refractivity contribution is 6.31. The Hall–Kier alpha value is -1.88. The second kappa shape index (κ2) is 8.21. The van der Waals surface area contributed by atoms with Gasteiger partial charge in [-0.05, 0) is 30.9 Å². The van der Waals surface area contributed by atoms with Gasteiger partial charge in [-0.2, -0.15) is 0 Å². The van der Waals surface area contributed by atoms with E-state index in [2.05, 4.69) is 18.8 Å². The second-order valence-electron chi connectivity index (χ2n) is 7.41. The van der Waals surface area contributed by atoms with Crippen LogP contribution < -0.4 is 0 Å². The molecule has 1 aliphatic carbocycles. The third-order valence-corrected chi connectivity index (χ3v) is 5.23. The van der Waals surface area contributed by atoms with Crippen LogP contribution >= 0.6 is 11.6 Å². The summed E-state index contributed by atoms with van der Waals surface area (Å²) in [5, 5.41) is 0.397. The van der Waals surface area contributed by atoms with E-state index in [1.54, 1.807) is 24.5 Å². The number of rotatable bonds is 7. The van der Waals surface area contributed by atoms with Crippen LogP contribution in [0.15, 0.2) is 30.6 Å². The molecule has 0 unspecified atom stereocenters. The summed E-state index contributed by atoms with van der Waals surface area (Å²) in [5.41, 5.74) is 0.439. The molecule has 1 aromatic heterocycles. The van der Waals surface area contributed by atoms with E-state index in [-0.39, 0.29) is 17.6 Å². The Kier molecular flexibility index (Phi) is 5.97. The average molecular weight is 378 g/mol. The molecule has 0 atom stereocenters. The van der Waals surface area contributed by atoms with E-state index in [9.17, 15) is 9.18 Å². The van der Waals surface area contributed by atoms with E-state index in [4.69, 9.17) is 11.6 Å². The number of benzene rings is 1. The highest BCUT2D eigenvalue weighted by Gasteiger charge is 2.30. The fraction of sp³-hybridized carbons (Fsp3) is 0.500. The van der Waals surface area contributed by atoms with Gasteiger partial charge in [-0.3, -0.25) is 4.79 Å². The first kappa shape index (κ1) is 18.9. The van der Waals surface area contributed by atoms with Crippen molar-refractivity contribution >= 4 is 17.5 Å². The van der Waals surface area contributed by atoms with Gasteiger partial charge < -0.3 is 9.47 Å². The molecular weight excluding hydrogens is 353 g/mol. The van der Waals surface area contributed by atoms with E-state index >= 15 is 0 Å². The Labute approximate surface area is 159 Å². The van der Waals surface area contributed by atoms with Gasteiger partial charge in [-0.25, -0.2) is 9.37 Å². The average Bonchev–Trinajstić information content (AvgIpc) is 2.95. The molecule has 0 spiro atoms. The van der Waals surface area contributed by atoms with Crippen molar-refractivity contribution in [3.63, 3.8) is 0 Å². The highest BCUT2D eigenvalue weighted by atomic mass is 35.5. The summed E-state index contributed by atoms with van der Waals surface area (Å²) in [6.45, 7) is 5.64. The highest BCUT2D eigenvalue weighted by Crippen LogP contribution is 2.29. The molecule has 2 aromatic rings. The van der Waals surface area contributed by atoms with Gasteiger partial charge in [0, 0.05) is 35.4 Å². The summed E-state index contributed by atoms with van der Waals surface area (Å²) in [5.74, 6) is 1.16. The lowest BCUT2D eigenvalue weighted by atomic mass is 9.84. The number of halogens is 2. The molecule has 0 aliphatic heterocycles. The van der Waals surface area contributed by atoms with Crippen molar-refractivity contribution in [3.05, 3.63) is 52.8 Å². The molecule has 1 fully saturated rings. The molecular formula is C20H25ClFN3O. The predicted octanol–water partition coefficient (Wildman–Crippen LogP) is 4.51. The number of hydrogen-bond donors (Lipinski definition) is 0. The molecule has 0 saturated heterocycles. The van der Waals surface area contributed by atoms with Gasteiger partial charge in [0.05, 0.1) is 13.1 Å². The van der Waals surface area contributed by atoms with Gasteiger partial charge in [0.1, 0.15) is 11.6 Å². The topological polar surface area (TPSA) is 38.1 Å². The standard InChI is InChI=1S/C20H25ClFN3O/c1-14(2)11-25(20(26)15-5-3-6-15)13-19-23-9-10-24(19)12-16-17(21)7-4-8-18(16)22/h4,7-10,14-15H,3,5-6,11-13H2,1-2H3. The first-order chi connectivity index (χ1) is 12.5. The fourth-order valence-electron chi connectivity index (χ4n) is 3.25. The first-order valence-corrected chi connectivity index (χ1v) is 9.55. The van der Waals surface area contributed by atoms with Crippen LogP contribution in [0.2, 0.25) is 5.02 Å². The summed E-state index contributed by atoms with van der Waals surface area (Å²) in [4.78, 5) is 19.1. The number of nitrogens with zero attached hydrogens (tertiary/aromatic N) is 3. The monoisotopic (exact) mass is 377 g/mol. The van der Waals surface area contributed by atoms with Gasteiger partial charge in [0.15, 0.2) is 0 Å². The molecule has 1 aromatic carbocycles. The van der Waals surface area contributed by atoms with Crippen molar-refractivity contribution in [2.24, 2.45) is 11.8 Å². The maximum atomic E-state index is 14.1. The largest absolute Gasteiger partial charge is 0.335 e. The predicted molar refractivity (Wildman–Crippen MR) is 100 cm³/mol. The minimum absolute atomic E-state index is 0.151. The zero-order chi connectivity index (χ0) is 18.7. The van der Waals surface area contributed by atoms with Crippen LogP contribution in [-0.2, 0) is 17.9 Å². The Morgan fingerprint density at radius 1 is 1.42 bits per heavy atom. The van der Waals surface area contributed by atoms with Crippen molar-refractivity contribution in [3.8, 4) is 0 Å². The van der Waals surface area contributed by atoms with Gasteiger partial charge >= 0.3 is 0 Å². The molecule has 1 saturated carbocycles. The first-order valence-electron chi connectivity index (χ1n) is 9.17. The molecule has 1 amide bonds. The normalized spacial score (nSPS) is 14.5. The molecule has 3 rings (SSSR count). The van der Waals surface area contributed by atoms with E-state index in [1.807, 2.05) is 9.47 Å². The third-order valence-electron chi connectivity index (χ3n) is 4.88. The lowest BCUT2D eigenvalue weighted by molar-refractivity contribution is -0.139. The molecule has 6 heteroatoms. The van der Waals surface area contributed by atoms with Crippen LogP contribution in [0.25, 0.3) is 0 Å². The molecule has 0 bridgehead atoms. The number of amides is 1. The summed E-state index contributed by atoms with van der Waals surface area (Å²) in [6, 6.07) is 4.68. The van der Waals surface area contributed by atoms with Gasteiger partial charge in [-0.1, -0.05) is 37.9 Å². The molecule has 4 nitrogen and oxygen atoms in total. The number of carbonyl (C=O) groups excluding carboxylic acids is 1. The number of imidazole rings is 1. The van der Waals surface area contributed by atoms with Crippen molar-refractivity contribution in [2.45, 2.75) is 46.2 Å². The van der Waals surface area contributed by atoms with E-state index in [0.717, 1.165) is 25.1 Å². The minimum Gasteiger partial charge on any atom is -0.335 e. The Bertz CT molecular complexity index is 750. The lowest BCUT2D eigenvalue weighted by Crippen LogP contribution is -2.41.